The first-order chi connectivity index (χ1) is 13.2. The topological polar surface area (TPSA) is 77.0 Å². The molecule has 0 aliphatic rings. The van der Waals surface area contributed by atoms with E-state index in [-0.39, 0.29) is 12.2 Å². The van der Waals surface area contributed by atoms with Crippen LogP contribution in [0, 0.1) is 0 Å². The number of hydrazone groups is 1. The number of rotatable bonds is 6. The first-order valence-electron chi connectivity index (χ1n) is 7.70. The highest BCUT2D eigenvalue weighted by Gasteiger charge is 2.30. The third-order valence-electron chi connectivity index (χ3n) is 3.37. The number of alkyl halides is 3. The van der Waals surface area contributed by atoms with Crippen molar-refractivity contribution in [2.24, 2.45) is 5.10 Å². The Balaban J connectivity index is 2.11. The Labute approximate surface area is 166 Å². The van der Waals surface area contributed by atoms with E-state index in [2.05, 4.69) is 31.2 Å². The van der Waals surface area contributed by atoms with Crippen molar-refractivity contribution in [1.29, 1.82) is 0 Å². The summed E-state index contributed by atoms with van der Waals surface area (Å²) in [5.41, 5.74) is 1.44. The minimum Gasteiger partial charge on any atom is -0.481 e. The van der Waals surface area contributed by atoms with Crippen LogP contribution in [0.3, 0.4) is 0 Å². The van der Waals surface area contributed by atoms with Gasteiger partial charge in [-0.05, 0) is 36.4 Å². The van der Waals surface area contributed by atoms with Crippen LogP contribution in [-0.2, 0) is 15.7 Å². The molecule has 1 amide bonds. The van der Waals surface area contributed by atoms with Crippen molar-refractivity contribution in [2.45, 2.75) is 6.18 Å². The Morgan fingerprint density at radius 3 is 2.64 bits per heavy atom. The molecule has 2 rings (SSSR count). The lowest BCUT2D eigenvalue weighted by atomic mass is 10.1. The number of amides is 1. The largest absolute Gasteiger partial charge is 0.481 e. The van der Waals surface area contributed by atoms with Crippen molar-refractivity contribution in [1.82, 2.24) is 5.43 Å². The number of nitrogens with one attached hydrogen (secondary N) is 1. The summed E-state index contributed by atoms with van der Waals surface area (Å²) in [5, 5.41) is 3.74. The summed E-state index contributed by atoms with van der Waals surface area (Å²) in [6.07, 6.45) is -3.31. The SMILES string of the molecule is COC(=O)COc1ccc(Br)cc1/C=N\NC(=O)c1cccc(C(F)(F)F)c1. The van der Waals surface area contributed by atoms with Crippen molar-refractivity contribution >= 4 is 34.0 Å². The van der Waals surface area contributed by atoms with Gasteiger partial charge >= 0.3 is 12.1 Å². The van der Waals surface area contributed by atoms with Crippen LogP contribution in [0.1, 0.15) is 21.5 Å². The predicted molar refractivity (Wildman–Crippen MR) is 98.2 cm³/mol. The average Bonchev–Trinajstić information content (AvgIpc) is 2.66. The number of ether oxygens (including phenoxy) is 2. The van der Waals surface area contributed by atoms with E-state index < -0.39 is 23.6 Å². The molecule has 28 heavy (non-hydrogen) atoms. The molecule has 0 atom stereocenters. The van der Waals surface area contributed by atoms with Gasteiger partial charge in [0, 0.05) is 15.6 Å². The standard InChI is InChI=1S/C18H14BrF3N2O4/c1-27-16(25)10-28-15-6-5-14(19)8-12(15)9-23-24-17(26)11-3-2-4-13(7-11)18(20,21)22/h2-9H,10H2,1H3,(H,24,26)/b23-9-. The van der Waals surface area contributed by atoms with Crippen molar-refractivity contribution in [3.8, 4) is 5.75 Å². The summed E-state index contributed by atoms with van der Waals surface area (Å²) in [4.78, 5) is 23.2. The van der Waals surface area contributed by atoms with Gasteiger partial charge in [0.05, 0.1) is 18.9 Å². The van der Waals surface area contributed by atoms with Gasteiger partial charge in [0.1, 0.15) is 5.75 Å². The third-order valence-corrected chi connectivity index (χ3v) is 3.86. The van der Waals surface area contributed by atoms with Crippen molar-refractivity contribution in [2.75, 3.05) is 13.7 Å². The zero-order chi connectivity index (χ0) is 20.7. The molecule has 0 aliphatic carbocycles. The van der Waals surface area contributed by atoms with Crippen LogP contribution in [0.25, 0.3) is 0 Å². The maximum atomic E-state index is 12.7. The fourth-order valence-electron chi connectivity index (χ4n) is 2.01. The second-order valence-electron chi connectivity index (χ2n) is 5.32. The maximum absolute atomic E-state index is 12.7. The summed E-state index contributed by atoms with van der Waals surface area (Å²) in [6, 6.07) is 8.83. The zero-order valence-corrected chi connectivity index (χ0v) is 16.0. The van der Waals surface area contributed by atoms with Crippen LogP contribution >= 0.6 is 15.9 Å². The molecule has 6 nitrogen and oxygen atoms in total. The maximum Gasteiger partial charge on any atom is 0.416 e. The summed E-state index contributed by atoms with van der Waals surface area (Å²) in [5.74, 6) is -1.09. The molecule has 10 heteroatoms. The Morgan fingerprint density at radius 2 is 1.96 bits per heavy atom. The smallest absolute Gasteiger partial charge is 0.416 e. The highest BCUT2D eigenvalue weighted by Crippen LogP contribution is 2.29. The molecule has 0 bridgehead atoms. The number of carbonyl (C=O) groups is 2. The number of benzene rings is 2. The summed E-state index contributed by atoms with van der Waals surface area (Å²) in [7, 11) is 1.22. The molecule has 0 saturated heterocycles. The van der Waals surface area contributed by atoms with Gasteiger partial charge in [0.2, 0.25) is 0 Å². The van der Waals surface area contributed by atoms with Crippen LogP contribution < -0.4 is 10.2 Å². The lowest BCUT2D eigenvalue weighted by molar-refractivity contribution is -0.143. The second-order valence-corrected chi connectivity index (χ2v) is 6.24. The zero-order valence-electron chi connectivity index (χ0n) is 14.4. The van der Waals surface area contributed by atoms with Crippen LogP contribution in [0.5, 0.6) is 5.75 Å². The fraction of sp³-hybridized carbons (Fsp3) is 0.167. The van der Waals surface area contributed by atoms with Crippen molar-refractivity contribution in [3.63, 3.8) is 0 Å². The highest BCUT2D eigenvalue weighted by atomic mass is 79.9. The van der Waals surface area contributed by atoms with Gasteiger partial charge < -0.3 is 9.47 Å². The molecule has 0 heterocycles. The van der Waals surface area contributed by atoms with Gasteiger partial charge in [-0.2, -0.15) is 18.3 Å². The van der Waals surface area contributed by atoms with E-state index >= 15 is 0 Å². The monoisotopic (exact) mass is 458 g/mol. The first-order valence-corrected chi connectivity index (χ1v) is 8.50. The summed E-state index contributed by atoms with van der Waals surface area (Å²) >= 11 is 3.27. The minimum absolute atomic E-state index is 0.191. The number of hydrogen-bond donors (Lipinski definition) is 1. The molecule has 2 aromatic rings. The second kappa shape index (κ2) is 9.36. The minimum atomic E-state index is -4.55. The Bertz CT molecular complexity index is 901. The average molecular weight is 459 g/mol. The molecule has 1 N–H and O–H groups in total. The Hall–Kier alpha value is -2.88. The molecule has 0 aromatic heterocycles. The molecule has 0 fully saturated rings. The van der Waals surface area contributed by atoms with E-state index in [0.717, 1.165) is 18.2 Å². The van der Waals surface area contributed by atoms with Gasteiger partial charge in [0.25, 0.3) is 5.91 Å². The first kappa shape index (κ1) is 21.4. The number of esters is 1. The van der Waals surface area contributed by atoms with Crippen LogP contribution in [0.2, 0.25) is 0 Å². The third kappa shape index (κ3) is 6.08. The molecule has 0 spiro atoms. The lowest BCUT2D eigenvalue weighted by Crippen LogP contribution is -2.18. The van der Waals surface area contributed by atoms with E-state index in [1.165, 1.54) is 19.4 Å². The molecule has 2 aromatic carbocycles. The number of halogens is 4. The fourth-order valence-corrected chi connectivity index (χ4v) is 2.39. The van der Waals surface area contributed by atoms with Gasteiger partial charge in [-0.1, -0.05) is 22.0 Å². The normalized spacial score (nSPS) is 11.3. The summed E-state index contributed by atoms with van der Waals surface area (Å²) in [6.45, 7) is -0.324. The summed E-state index contributed by atoms with van der Waals surface area (Å²) < 4.78 is 48.7. The molecule has 148 valence electrons. The van der Waals surface area contributed by atoms with Crippen LogP contribution in [0.15, 0.2) is 52.0 Å². The van der Waals surface area contributed by atoms with Gasteiger partial charge in [-0.25, -0.2) is 10.2 Å². The highest BCUT2D eigenvalue weighted by molar-refractivity contribution is 9.10. The quantitative estimate of drug-likeness (QED) is 0.405. The van der Waals surface area contributed by atoms with E-state index in [9.17, 15) is 22.8 Å². The lowest BCUT2D eigenvalue weighted by Gasteiger charge is -2.09. The molecular weight excluding hydrogens is 445 g/mol. The molecule has 0 saturated carbocycles. The van der Waals surface area contributed by atoms with Crippen LogP contribution in [-0.4, -0.2) is 31.8 Å². The van der Waals surface area contributed by atoms with Crippen molar-refractivity contribution in [3.05, 3.63) is 63.6 Å². The van der Waals surface area contributed by atoms with Gasteiger partial charge in [0.15, 0.2) is 6.61 Å². The predicted octanol–water partition coefficient (Wildman–Crippen LogP) is 3.78. The molecule has 0 radical (unpaired) electrons. The van der Waals surface area contributed by atoms with Gasteiger partial charge in [-0.15, -0.1) is 0 Å². The van der Waals surface area contributed by atoms with Gasteiger partial charge in [-0.3, -0.25) is 4.79 Å². The molecule has 0 unspecified atom stereocenters. The van der Waals surface area contributed by atoms with E-state index in [0.29, 0.717) is 15.8 Å². The molecule has 0 aliphatic heterocycles. The number of nitrogens with zero attached hydrogens (tertiary/aromatic N) is 1. The van der Waals surface area contributed by atoms with Crippen LogP contribution in [0.4, 0.5) is 13.2 Å². The number of hydrogen-bond acceptors (Lipinski definition) is 5. The van der Waals surface area contributed by atoms with E-state index in [1.807, 2.05) is 0 Å². The molecular formula is C18H14BrF3N2O4. The van der Waals surface area contributed by atoms with E-state index in [4.69, 9.17) is 4.74 Å². The van der Waals surface area contributed by atoms with E-state index in [1.54, 1.807) is 18.2 Å². The Morgan fingerprint density at radius 1 is 1.21 bits per heavy atom. The Kier molecular flexibility index (Phi) is 7.16. The number of carbonyl (C=O) groups excluding carboxylic acids is 2. The van der Waals surface area contributed by atoms with Crippen molar-refractivity contribution < 1.29 is 32.2 Å². The number of methoxy groups -OCH3 is 1.